The maximum Gasteiger partial charge on any atom is 0.132 e. The average Bonchev–Trinajstić information content (AvgIpc) is 3.03. The normalized spacial score (nSPS) is 11.9. The van der Waals surface area contributed by atoms with E-state index in [1.807, 2.05) is 43.0 Å². The third kappa shape index (κ3) is 2.94. The molecule has 0 amide bonds. The minimum atomic E-state index is -0.0693. The molecule has 0 saturated heterocycles. The lowest BCUT2D eigenvalue weighted by Crippen LogP contribution is -2.14. The highest BCUT2D eigenvalue weighted by Crippen LogP contribution is 2.34. The molecule has 0 fully saturated rings. The number of nitrogens with zero attached hydrogens (tertiary/aromatic N) is 4. The van der Waals surface area contributed by atoms with Crippen LogP contribution < -0.4 is 5.73 Å². The van der Waals surface area contributed by atoms with Crippen LogP contribution in [0.1, 0.15) is 37.9 Å². The van der Waals surface area contributed by atoms with Gasteiger partial charge in [0.05, 0.1) is 12.2 Å². The van der Waals surface area contributed by atoms with Gasteiger partial charge in [0.15, 0.2) is 0 Å². The molecule has 2 aromatic heterocycles. The Hall–Kier alpha value is -2.56. The Labute approximate surface area is 143 Å². The molecule has 0 spiro atoms. The molecule has 3 rings (SSSR count). The fourth-order valence-electron chi connectivity index (χ4n) is 2.96. The van der Waals surface area contributed by atoms with Gasteiger partial charge in [0.25, 0.3) is 0 Å². The minimum Gasteiger partial charge on any atom is -0.383 e. The predicted molar refractivity (Wildman–Crippen MR) is 97.8 cm³/mol. The zero-order valence-corrected chi connectivity index (χ0v) is 15.0. The maximum atomic E-state index is 6.47. The van der Waals surface area contributed by atoms with Gasteiger partial charge in [0, 0.05) is 24.2 Å². The fourth-order valence-corrected chi connectivity index (χ4v) is 2.96. The lowest BCUT2D eigenvalue weighted by atomic mass is 9.89. The highest BCUT2D eigenvalue weighted by atomic mass is 15.3. The predicted octanol–water partition coefficient (Wildman–Crippen LogP) is 3.52. The average molecular weight is 323 g/mol. The van der Waals surface area contributed by atoms with E-state index in [9.17, 15) is 0 Å². The molecule has 0 aliphatic carbocycles. The molecule has 5 nitrogen and oxygen atoms in total. The van der Waals surface area contributed by atoms with Gasteiger partial charge < -0.3 is 10.3 Å². The molecule has 3 aromatic rings. The van der Waals surface area contributed by atoms with Crippen LogP contribution in [0.2, 0.25) is 0 Å². The van der Waals surface area contributed by atoms with E-state index < -0.39 is 0 Å². The second kappa shape index (κ2) is 5.82. The van der Waals surface area contributed by atoms with Crippen LogP contribution in [0.15, 0.2) is 36.5 Å². The van der Waals surface area contributed by atoms with E-state index in [4.69, 9.17) is 10.7 Å². The third-order valence-electron chi connectivity index (χ3n) is 4.18. The molecule has 0 atom stereocenters. The van der Waals surface area contributed by atoms with Crippen LogP contribution in [0.5, 0.6) is 0 Å². The quantitative estimate of drug-likeness (QED) is 0.802. The first-order valence-corrected chi connectivity index (χ1v) is 8.18. The Bertz CT molecular complexity index is 850. The van der Waals surface area contributed by atoms with Gasteiger partial charge in [0.2, 0.25) is 0 Å². The SMILES string of the molecule is Cc1nc(-c2cn(C)nc2C(C)(C)C)c(N)n1Cc1ccccc1. The number of anilines is 1. The Balaban J connectivity index is 2.07. The van der Waals surface area contributed by atoms with Crippen molar-refractivity contribution in [3.05, 3.63) is 53.6 Å². The Morgan fingerprint density at radius 3 is 2.42 bits per heavy atom. The van der Waals surface area contributed by atoms with Gasteiger partial charge in [-0.1, -0.05) is 51.1 Å². The Morgan fingerprint density at radius 1 is 1.12 bits per heavy atom. The van der Waals surface area contributed by atoms with Crippen molar-refractivity contribution in [2.45, 2.75) is 39.7 Å². The van der Waals surface area contributed by atoms with Crippen LogP contribution in [0.4, 0.5) is 5.82 Å². The number of benzene rings is 1. The topological polar surface area (TPSA) is 61.7 Å². The first-order valence-electron chi connectivity index (χ1n) is 8.18. The highest BCUT2D eigenvalue weighted by molar-refractivity contribution is 5.73. The molecule has 2 heterocycles. The van der Waals surface area contributed by atoms with Gasteiger partial charge in [-0.3, -0.25) is 4.68 Å². The number of aryl methyl sites for hydroxylation is 2. The Kier molecular flexibility index (Phi) is 3.95. The van der Waals surface area contributed by atoms with Gasteiger partial charge in [-0.05, 0) is 12.5 Å². The van der Waals surface area contributed by atoms with Crippen molar-refractivity contribution in [3.63, 3.8) is 0 Å². The van der Waals surface area contributed by atoms with Crippen LogP contribution >= 0.6 is 0 Å². The smallest absolute Gasteiger partial charge is 0.132 e. The molecule has 0 radical (unpaired) electrons. The Morgan fingerprint density at radius 2 is 1.79 bits per heavy atom. The number of hydrogen-bond acceptors (Lipinski definition) is 3. The summed E-state index contributed by atoms with van der Waals surface area (Å²) in [6.45, 7) is 9.18. The monoisotopic (exact) mass is 323 g/mol. The van der Waals surface area contributed by atoms with Crippen LogP contribution in [-0.2, 0) is 19.0 Å². The van der Waals surface area contributed by atoms with Crippen molar-refractivity contribution in [2.75, 3.05) is 5.73 Å². The standard InChI is InChI=1S/C19H25N5/c1-13-21-16(15-12-23(5)22-17(15)19(2,3)4)18(20)24(13)11-14-9-7-6-8-10-14/h6-10,12H,11,20H2,1-5H3. The first kappa shape index (κ1) is 16.3. The highest BCUT2D eigenvalue weighted by Gasteiger charge is 2.26. The molecular weight excluding hydrogens is 298 g/mol. The number of rotatable bonds is 3. The van der Waals surface area contributed by atoms with Gasteiger partial charge in [-0.2, -0.15) is 5.10 Å². The second-order valence-electron chi connectivity index (χ2n) is 7.28. The summed E-state index contributed by atoms with van der Waals surface area (Å²) < 4.78 is 3.89. The van der Waals surface area contributed by atoms with Gasteiger partial charge in [0.1, 0.15) is 17.3 Å². The van der Waals surface area contributed by atoms with E-state index in [-0.39, 0.29) is 5.41 Å². The molecule has 0 bridgehead atoms. The molecule has 1 aromatic carbocycles. The maximum absolute atomic E-state index is 6.47. The van der Waals surface area contributed by atoms with E-state index in [1.165, 1.54) is 5.56 Å². The van der Waals surface area contributed by atoms with Crippen molar-refractivity contribution in [2.24, 2.45) is 7.05 Å². The lowest BCUT2D eigenvalue weighted by Gasteiger charge is -2.17. The van der Waals surface area contributed by atoms with E-state index >= 15 is 0 Å². The van der Waals surface area contributed by atoms with E-state index in [2.05, 4.69) is 42.6 Å². The zero-order valence-electron chi connectivity index (χ0n) is 15.0. The number of imidazole rings is 1. The summed E-state index contributed by atoms with van der Waals surface area (Å²) >= 11 is 0. The van der Waals surface area contributed by atoms with Crippen LogP contribution in [0.3, 0.4) is 0 Å². The largest absolute Gasteiger partial charge is 0.383 e. The van der Waals surface area contributed by atoms with Crippen LogP contribution in [0, 0.1) is 6.92 Å². The van der Waals surface area contributed by atoms with Gasteiger partial charge in [-0.25, -0.2) is 4.98 Å². The molecule has 5 heteroatoms. The molecule has 0 aliphatic heterocycles. The van der Waals surface area contributed by atoms with Crippen molar-refractivity contribution in [1.82, 2.24) is 19.3 Å². The molecule has 2 N–H and O–H groups in total. The molecule has 0 aliphatic rings. The van der Waals surface area contributed by atoms with E-state index in [1.54, 1.807) is 0 Å². The fraction of sp³-hybridized carbons (Fsp3) is 0.368. The molecule has 0 saturated carbocycles. The third-order valence-corrected chi connectivity index (χ3v) is 4.18. The summed E-state index contributed by atoms with van der Waals surface area (Å²) in [7, 11) is 1.93. The van der Waals surface area contributed by atoms with Crippen molar-refractivity contribution in [1.29, 1.82) is 0 Å². The van der Waals surface area contributed by atoms with Crippen molar-refractivity contribution >= 4 is 5.82 Å². The number of nitrogens with two attached hydrogens (primary N) is 1. The molecule has 24 heavy (non-hydrogen) atoms. The second-order valence-corrected chi connectivity index (χ2v) is 7.28. The molecule has 0 unspecified atom stereocenters. The molecular formula is C19H25N5. The number of hydrogen-bond donors (Lipinski definition) is 1. The minimum absolute atomic E-state index is 0.0693. The summed E-state index contributed by atoms with van der Waals surface area (Å²) in [6.07, 6.45) is 2.01. The lowest BCUT2D eigenvalue weighted by molar-refractivity contribution is 0.554. The first-order chi connectivity index (χ1) is 11.3. The summed E-state index contributed by atoms with van der Waals surface area (Å²) in [6, 6.07) is 10.3. The van der Waals surface area contributed by atoms with Crippen molar-refractivity contribution < 1.29 is 0 Å². The van der Waals surface area contributed by atoms with Crippen LogP contribution in [-0.4, -0.2) is 19.3 Å². The van der Waals surface area contributed by atoms with E-state index in [0.29, 0.717) is 5.82 Å². The van der Waals surface area contributed by atoms with Crippen molar-refractivity contribution in [3.8, 4) is 11.3 Å². The van der Waals surface area contributed by atoms with Gasteiger partial charge >= 0.3 is 0 Å². The summed E-state index contributed by atoms with van der Waals surface area (Å²) in [5, 5.41) is 4.63. The summed E-state index contributed by atoms with van der Waals surface area (Å²) in [4.78, 5) is 4.75. The number of nitrogen functional groups attached to an aromatic ring is 1. The summed E-state index contributed by atoms with van der Waals surface area (Å²) in [5.74, 6) is 1.60. The molecule has 126 valence electrons. The van der Waals surface area contributed by atoms with Gasteiger partial charge in [-0.15, -0.1) is 0 Å². The van der Waals surface area contributed by atoms with E-state index in [0.717, 1.165) is 29.3 Å². The summed E-state index contributed by atoms with van der Waals surface area (Å²) in [5.41, 5.74) is 10.5. The number of aromatic nitrogens is 4. The zero-order chi connectivity index (χ0) is 17.5. The van der Waals surface area contributed by atoms with Crippen LogP contribution in [0.25, 0.3) is 11.3 Å².